The Hall–Kier alpha value is -4.74. The summed E-state index contributed by atoms with van der Waals surface area (Å²) in [4.78, 5) is 41.9. The van der Waals surface area contributed by atoms with Crippen molar-refractivity contribution < 1.29 is 32.7 Å². The number of nitrogens with zero attached hydrogens (tertiary/aromatic N) is 3. The molecule has 0 aliphatic heterocycles. The van der Waals surface area contributed by atoms with Gasteiger partial charge in [0.15, 0.2) is 5.65 Å². The fraction of sp³-hybridized carbons (Fsp3) is 0.222. The minimum atomic E-state index is -4.58. The molecule has 0 bridgehead atoms. The fourth-order valence-electron chi connectivity index (χ4n) is 4.90. The van der Waals surface area contributed by atoms with Crippen molar-refractivity contribution in [1.29, 1.82) is 0 Å². The van der Waals surface area contributed by atoms with Crippen LogP contribution in [-0.2, 0) is 19.1 Å². The number of amides is 2. The summed E-state index contributed by atoms with van der Waals surface area (Å²) in [7, 11) is 0. The Bertz CT molecular complexity index is 1630. The molecule has 0 spiro atoms. The minimum absolute atomic E-state index is 0.0122. The number of carboxylic acid groups (broad SMARTS) is 1. The topological polar surface area (TPSA) is 126 Å². The Morgan fingerprint density at radius 3 is 2.62 bits per heavy atom. The number of carboxylic acids is 1. The molecule has 2 aromatic carbocycles. The van der Waals surface area contributed by atoms with Crippen LogP contribution in [0.2, 0.25) is 0 Å². The van der Waals surface area contributed by atoms with E-state index in [4.69, 9.17) is 0 Å². The molecule has 200 valence electrons. The van der Waals surface area contributed by atoms with Crippen LogP contribution in [0, 0.1) is 6.92 Å². The van der Waals surface area contributed by atoms with E-state index in [9.17, 15) is 32.7 Å². The first-order valence-electron chi connectivity index (χ1n) is 12.0. The number of aromatic nitrogens is 3. The maximum absolute atomic E-state index is 13.3. The van der Waals surface area contributed by atoms with E-state index in [-0.39, 0.29) is 34.2 Å². The van der Waals surface area contributed by atoms with Crippen LogP contribution in [-0.4, -0.2) is 37.5 Å². The summed E-state index contributed by atoms with van der Waals surface area (Å²) in [6.07, 6.45) is -2.02. The predicted octanol–water partition coefficient (Wildman–Crippen LogP) is 4.10. The Kier molecular flexibility index (Phi) is 6.54. The van der Waals surface area contributed by atoms with Gasteiger partial charge in [-0.2, -0.15) is 18.3 Å². The van der Waals surface area contributed by atoms with E-state index in [0.717, 1.165) is 17.2 Å². The number of aromatic carboxylic acids is 1. The van der Waals surface area contributed by atoms with Crippen LogP contribution >= 0.6 is 0 Å². The van der Waals surface area contributed by atoms with E-state index in [2.05, 4.69) is 20.7 Å². The van der Waals surface area contributed by atoms with Gasteiger partial charge in [-0.3, -0.25) is 9.59 Å². The molecule has 0 radical (unpaired) electrons. The molecule has 1 aliphatic carbocycles. The van der Waals surface area contributed by atoms with Crippen LogP contribution in [0.15, 0.2) is 54.7 Å². The van der Waals surface area contributed by atoms with Gasteiger partial charge in [0.25, 0.3) is 11.8 Å². The summed E-state index contributed by atoms with van der Waals surface area (Å²) in [6.45, 7) is 1.35. The lowest BCUT2D eigenvalue weighted by Crippen LogP contribution is -2.31. The second kappa shape index (κ2) is 9.86. The van der Waals surface area contributed by atoms with Crippen LogP contribution in [0.25, 0.3) is 5.65 Å². The van der Waals surface area contributed by atoms with Crippen molar-refractivity contribution in [2.24, 2.45) is 0 Å². The second-order valence-electron chi connectivity index (χ2n) is 9.14. The lowest BCUT2D eigenvalue weighted by atomic mass is 9.98. The van der Waals surface area contributed by atoms with Gasteiger partial charge in [0, 0.05) is 18.7 Å². The van der Waals surface area contributed by atoms with Crippen molar-refractivity contribution in [3.8, 4) is 0 Å². The van der Waals surface area contributed by atoms with Crippen molar-refractivity contribution in [3.05, 3.63) is 99.5 Å². The first-order chi connectivity index (χ1) is 18.5. The number of alkyl halides is 3. The van der Waals surface area contributed by atoms with Gasteiger partial charge in [0.05, 0.1) is 23.4 Å². The number of benzene rings is 2. The number of carbonyl (C=O) groups is 3. The zero-order chi connectivity index (χ0) is 27.9. The largest absolute Gasteiger partial charge is 0.478 e. The molecule has 0 saturated heterocycles. The van der Waals surface area contributed by atoms with Crippen LogP contribution in [0.1, 0.15) is 71.6 Å². The minimum Gasteiger partial charge on any atom is -0.478 e. The summed E-state index contributed by atoms with van der Waals surface area (Å²) < 4.78 is 41.2. The monoisotopic (exact) mass is 537 g/mol. The number of rotatable bonds is 6. The Morgan fingerprint density at radius 1 is 1.10 bits per heavy atom. The molecular weight excluding hydrogens is 515 g/mol. The summed E-state index contributed by atoms with van der Waals surface area (Å²) in [6, 6.07) is 10.5. The maximum Gasteiger partial charge on any atom is 0.416 e. The molecule has 3 N–H and O–H groups in total. The number of halogens is 3. The predicted molar refractivity (Wildman–Crippen MR) is 132 cm³/mol. The van der Waals surface area contributed by atoms with Gasteiger partial charge < -0.3 is 15.7 Å². The first kappa shape index (κ1) is 25.9. The van der Waals surface area contributed by atoms with Crippen LogP contribution in [0.5, 0.6) is 0 Å². The highest BCUT2D eigenvalue weighted by atomic mass is 19.4. The Morgan fingerprint density at radius 2 is 1.87 bits per heavy atom. The highest BCUT2D eigenvalue weighted by Crippen LogP contribution is 2.35. The van der Waals surface area contributed by atoms with Crippen molar-refractivity contribution in [3.63, 3.8) is 0 Å². The molecule has 1 aliphatic rings. The quantitative estimate of drug-likeness (QED) is 0.340. The van der Waals surface area contributed by atoms with Crippen LogP contribution < -0.4 is 10.6 Å². The van der Waals surface area contributed by atoms with E-state index in [1.54, 1.807) is 13.0 Å². The van der Waals surface area contributed by atoms with Crippen molar-refractivity contribution >= 4 is 23.4 Å². The summed E-state index contributed by atoms with van der Waals surface area (Å²) in [5, 5.41) is 18.9. The second-order valence-corrected chi connectivity index (χ2v) is 9.14. The number of nitrogens with one attached hydrogen (secondary N) is 2. The summed E-state index contributed by atoms with van der Waals surface area (Å²) >= 11 is 0. The van der Waals surface area contributed by atoms with Gasteiger partial charge in [0.2, 0.25) is 0 Å². The highest BCUT2D eigenvalue weighted by molar-refractivity contribution is 5.98. The highest BCUT2D eigenvalue weighted by Gasteiger charge is 2.33. The van der Waals surface area contributed by atoms with Crippen molar-refractivity contribution in [2.45, 2.75) is 38.5 Å². The average Bonchev–Trinajstić information content (AvgIpc) is 3.54. The molecule has 9 nitrogen and oxygen atoms in total. The third-order valence-electron chi connectivity index (χ3n) is 6.82. The van der Waals surface area contributed by atoms with Gasteiger partial charge in [0.1, 0.15) is 11.4 Å². The molecule has 4 aromatic rings. The van der Waals surface area contributed by atoms with Crippen LogP contribution in [0.4, 0.5) is 13.2 Å². The maximum atomic E-state index is 13.3. The molecular formula is C27H22F3N5O4. The number of carbonyl (C=O) groups excluding carboxylic acids is 2. The third kappa shape index (κ3) is 4.92. The van der Waals surface area contributed by atoms with E-state index >= 15 is 0 Å². The Labute approximate surface area is 219 Å². The fourth-order valence-corrected chi connectivity index (χ4v) is 4.90. The molecule has 12 heteroatoms. The lowest BCUT2D eigenvalue weighted by Gasteiger charge is -2.16. The van der Waals surface area contributed by atoms with Gasteiger partial charge in [-0.15, -0.1) is 0 Å². The smallest absolute Gasteiger partial charge is 0.416 e. The van der Waals surface area contributed by atoms with Crippen molar-refractivity contribution in [1.82, 2.24) is 25.2 Å². The zero-order valence-corrected chi connectivity index (χ0v) is 20.5. The molecule has 0 fully saturated rings. The number of hydrogen-bond acceptors (Lipinski definition) is 5. The van der Waals surface area contributed by atoms with Crippen LogP contribution in [0.3, 0.4) is 0 Å². The molecule has 2 heterocycles. The molecule has 0 saturated carbocycles. The molecule has 0 unspecified atom stereocenters. The van der Waals surface area contributed by atoms with E-state index in [1.807, 2.05) is 0 Å². The van der Waals surface area contributed by atoms with E-state index < -0.39 is 36.1 Å². The third-order valence-corrected chi connectivity index (χ3v) is 6.82. The number of hydrogen-bond donors (Lipinski definition) is 3. The van der Waals surface area contributed by atoms with Gasteiger partial charge >= 0.3 is 12.1 Å². The molecule has 5 rings (SSSR count). The standard InChI is InChI=1S/C27H22F3N5O4/c1-14-16-8-9-20(18(16)7-6-17(14)26(38)39)34-25(37)22-12-21(33-23-10-11-32-35(22)23)24(36)31-13-15-4-2-3-5-19(15)27(28,29)30/h2-7,10-12,20H,8-9,13H2,1H3,(H,31,36)(H,34,37)(H,38,39)/t20-/m0/s1. The van der Waals surface area contributed by atoms with Gasteiger partial charge in [-0.25, -0.2) is 14.3 Å². The van der Waals surface area contributed by atoms with E-state index in [0.29, 0.717) is 18.4 Å². The molecule has 2 amide bonds. The van der Waals surface area contributed by atoms with E-state index in [1.165, 1.54) is 47.1 Å². The zero-order valence-electron chi connectivity index (χ0n) is 20.5. The normalized spacial score (nSPS) is 14.7. The Balaban J connectivity index is 1.38. The van der Waals surface area contributed by atoms with Gasteiger partial charge in [-0.1, -0.05) is 24.3 Å². The molecule has 39 heavy (non-hydrogen) atoms. The summed E-state index contributed by atoms with van der Waals surface area (Å²) in [5.41, 5.74) is 1.65. The van der Waals surface area contributed by atoms with Crippen molar-refractivity contribution in [2.75, 3.05) is 0 Å². The molecule has 1 atom stereocenters. The molecule has 2 aromatic heterocycles. The van der Waals surface area contributed by atoms with Gasteiger partial charge in [-0.05, 0) is 54.2 Å². The first-order valence-corrected chi connectivity index (χ1v) is 12.0. The number of fused-ring (bicyclic) bond motifs is 2. The average molecular weight is 537 g/mol. The SMILES string of the molecule is Cc1c(C(=O)O)ccc2c1CC[C@@H]2NC(=O)c1cc(C(=O)NCc2ccccc2C(F)(F)F)nc2ccnn12. The summed E-state index contributed by atoms with van der Waals surface area (Å²) in [5.74, 6) is -2.32. The lowest BCUT2D eigenvalue weighted by molar-refractivity contribution is -0.138.